The van der Waals surface area contributed by atoms with Crippen LogP contribution in [-0.2, 0) is 12.8 Å². The summed E-state index contributed by atoms with van der Waals surface area (Å²) in [5.74, 6) is 0. The standard InChI is InChI=1S/C13H14N2/c14-13-7-2-1-5-11(13)8-9-12-6-3-4-10-15-12/h1-7,10H,8-9,14H2. The molecule has 0 saturated carbocycles. The maximum absolute atomic E-state index is 5.86. The first-order valence-electron chi connectivity index (χ1n) is 5.09. The Hall–Kier alpha value is -1.83. The molecule has 2 nitrogen and oxygen atoms in total. The summed E-state index contributed by atoms with van der Waals surface area (Å²) in [6.07, 6.45) is 3.71. The minimum absolute atomic E-state index is 0.869. The van der Waals surface area contributed by atoms with Crippen molar-refractivity contribution < 1.29 is 0 Å². The van der Waals surface area contributed by atoms with E-state index in [0.717, 1.165) is 24.2 Å². The highest BCUT2D eigenvalue weighted by molar-refractivity contribution is 5.46. The molecule has 2 N–H and O–H groups in total. The van der Waals surface area contributed by atoms with Gasteiger partial charge in [0.05, 0.1) is 0 Å². The third-order valence-electron chi connectivity index (χ3n) is 2.43. The van der Waals surface area contributed by atoms with Crippen LogP contribution in [0, 0.1) is 0 Å². The molecule has 0 aliphatic carbocycles. The molecule has 15 heavy (non-hydrogen) atoms. The molecule has 0 spiro atoms. The second-order valence-electron chi connectivity index (χ2n) is 3.52. The van der Waals surface area contributed by atoms with E-state index in [-0.39, 0.29) is 0 Å². The van der Waals surface area contributed by atoms with Crippen molar-refractivity contribution in [2.24, 2.45) is 0 Å². The molecule has 0 bridgehead atoms. The minimum atomic E-state index is 0.869. The average Bonchev–Trinajstić information content (AvgIpc) is 2.29. The van der Waals surface area contributed by atoms with E-state index in [1.54, 1.807) is 0 Å². The van der Waals surface area contributed by atoms with Gasteiger partial charge >= 0.3 is 0 Å². The molecule has 1 aromatic heterocycles. The molecule has 0 saturated heterocycles. The van der Waals surface area contributed by atoms with Crippen molar-refractivity contribution in [3.05, 3.63) is 59.9 Å². The number of hydrogen-bond acceptors (Lipinski definition) is 2. The summed E-state index contributed by atoms with van der Waals surface area (Å²) < 4.78 is 0. The molecule has 1 heterocycles. The fourth-order valence-corrected chi connectivity index (χ4v) is 1.57. The van der Waals surface area contributed by atoms with Crippen molar-refractivity contribution in [2.75, 3.05) is 5.73 Å². The highest BCUT2D eigenvalue weighted by atomic mass is 14.7. The van der Waals surface area contributed by atoms with E-state index in [0.29, 0.717) is 0 Å². The Kier molecular flexibility index (Phi) is 2.98. The van der Waals surface area contributed by atoms with Gasteiger partial charge in [-0.1, -0.05) is 24.3 Å². The Morgan fingerprint density at radius 2 is 1.73 bits per heavy atom. The molecule has 0 aliphatic rings. The number of para-hydroxylation sites is 1. The molecule has 76 valence electrons. The van der Waals surface area contributed by atoms with Gasteiger partial charge in [-0.05, 0) is 36.6 Å². The van der Waals surface area contributed by atoms with Crippen LogP contribution < -0.4 is 5.73 Å². The number of anilines is 1. The van der Waals surface area contributed by atoms with E-state index in [9.17, 15) is 0 Å². The van der Waals surface area contributed by atoms with Gasteiger partial charge in [-0.3, -0.25) is 4.98 Å². The summed E-state index contributed by atoms with van der Waals surface area (Å²) in [7, 11) is 0. The Morgan fingerprint density at radius 1 is 0.933 bits per heavy atom. The normalized spacial score (nSPS) is 10.1. The summed E-state index contributed by atoms with van der Waals surface area (Å²) >= 11 is 0. The minimum Gasteiger partial charge on any atom is -0.399 e. The van der Waals surface area contributed by atoms with Crippen molar-refractivity contribution >= 4 is 5.69 Å². The molecule has 0 amide bonds. The number of hydrogen-bond donors (Lipinski definition) is 1. The predicted molar refractivity (Wildman–Crippen MR) is 62.5 cm³/mol. The lowest BCUT2D eigenvalue weighted by atomic mass is 10.1. The van der Waals surface area contributed by atoms with Crippen LogP contribution in [0.3, 0.4) is 0 Å². The van der Waals surface area contributed by atoms with Crippen LogP contribution >= 0.6 is 0 Å². The molecule has 0 radical (unpaired) electrons. The summed E-state index contributed by atoms with van der Waals surface area (Å²) in [4.78, 5) is 4.28. The zero-order valence-electron chi connectivity index (χ0n) is 8.56. The molecule has 2 aromatic rings. The van der Waals surface area contributed by atoms with Crippen molar-refractivity contribution in [3.63, 3.8) is 0 Å². The lowest BCUT2D eigenvalue weighted by molar-refractivity contribution is 0.916. The number of nitrogens with zero attached hydrogens (tertiary/aromatic N) is 1. The SMILES string of the molecule is Nc1ccccc1CCc1ccccn1. The van der Waals surface area contributed by atoms with Crippen LogP contribution in [0.1, 0.15) is 11.3 Å². The maximum atomic E-state index is 5.86. The zero-order chi connectivity index (χ0) is 10.5. The smallest absolute Gasteiger partial charge is 0.0406 e. The van der Waals surface area contributed by atoms with Gasteiger partial charge in [0.1, 0.15) is 0 Å². The highest BCUT2D eigenvalue weighted by Crippen LogP contribution is 2.12. The Labute approximate surface area is 89.8 Å². The Bertz CT molecular complexity index is 424. The quantitative estimate of drug-likeness (QED) is 0.769. The molecule has 2 rings (SSSR count). The largest absolute Gasteiger partial charge is 0.399 e. The second kappa shape index (κ2) is 4.60. The Balaban J connectivity index is 2.03. The van der Waals surface area contributed by atoms with Crippen molar-refractivity contribution in [2.45, 2.75) is 12.8 Å². The van der Waals surface area contributed by atoms with Crippen molar-refractivity contribution in [1.82, 2.24) is 4.98 Å². The number of nitrogen functional groups attached to an aromatic ring is 1. The van der Waals surface area contributed by atoms with Crippen LogP contribution in [0.25, 0.3) is 0 Å². The third-order valence-corrected chi connectivity index (χ3v) is 2.43. The zero-order valence-corrected chi connectivity index (χ0v) is 8.56. The van der Waals surface area contributed by atoms with Gasteiger partial charge in [-0.15, -0.1) is 0 Å². The van der Waals surface area contributed by atoms with Gasteiger partial charge in [-0.25, -0.2) is 0 Å². The molecule has 0 fully saturated rings. The first-order chi connectivity index (χ1) is 7.36. The average molecular weight is 198 g/mol. The molecule has 1 aromatic carbocycles. The van der Waals surface area contributed by atoms with Gasteiger partial charge in [-0.2, -0.15) is 0 Å². The molecular weight excluding hydrogens is 184 g/mol. The predicted octanol–water partition coefficient (Wildman–Crippen LogP) is 2.45. The van der Waals surface area contributed by atoms with Crippen LogP contribution in [0.4, 0.5) is 5.69 Å². The van der Waals surface area contributed by atoms with Crippen LogP contribution in [0.2, 0.25) is 0 Å². The number of pyridine rings is 1. The number of benzene rings is 1. The van der Waals surface area contributed by atoms with Crippen LogP contribution in [0.5, 0.6) is 0 Å². The summed E-state index contributed by atoms with van der Waals surface area (Å²) in [6, 6.07) is 14.0. The number of rotatable bonds is 3. The lowest BCUT2D eigenvalue weighted by Crippen LogP contribution is -1.97. The monoisotopic (exact) mass is 198 g/mol. The van der Waals surface area contributed by atoms with Crippen molar-refractivity contribution in [3.8, 4) is 0 Å². The van der Waals surface area contributed by atoms with Gasteiger partial charge in [0.2, 0.25) is 0 Å². The van der Waals surface area contributed by atoms with Crippen LogP contribution in [-0.4, -0.2) is 4.98 Å². The van der Waals surface area contributed by atoms with Gasteiger partial charge < -0.3 is 5.73 Å². The summed E-state index contributed by atoms with van der Waals surface area (Å²) in [5.41, 5.74) is 9.04. The molecule has 0 aliphatic heterocycles. The summed E-state index contributed by atoms with van der Waals surface area (Å²) in [5, 5.41) is 0. The molecule has 0 atom stereocenters. The van der Waals surface area contributed by atoms with Gasteiger partial charge in [0.25, 0.3) is 0 Å². The fraction of sp³-hybridized carbons (Fsp3) is 0.154. The molecule has 2 heteroatoms. The van der Waals surface area contributed by atoms with E-state index in [2.05, 4.69) is 11.1 Å². The van der Waals surface area contributed by atoms with E-state index < -0.39 is 0 Å². The maximum Gasteiger partial charge on any atom is 0.0406 e. The first-order valence-corrected chi connectivity index (χ1v) is 5.09. The number of aryl methyl sites for hydroxylation is 2. The lowest BCUT2D eigenvalue weighted by Gasteiger charge is -2.04. The first kappa shape index (κ1) is 9.71. The van der Waals surface area contributed by atoms with Crippen molar-refractivity contribution in [1.29, 1.82) is 0 Å². The van der Waals surface area contributed by atoms with E-state index in [4.69, 9.17) is 5.73 Å². The van der Waals surface area contributed by atoms with E-state index >= 15 is 0 Å². The third kappa shape index (κ3) is 2.56. The van der Waals surface area contributed by atoms with Crippen LogP contribution in [0.15, 0.2) is 48.7 Å². The molecule has 0 unspecified atom stereocenters. The van der Waals surface area contributed by atoms with E-state index in [1.807, 2.05) is 42.6 Å². The highest BCUT2D eigenvalue weighted by Gasteiger charge is 1.99. The Morgan fingerprint density at radius 3 is 2.47 bits per heavy atom. The topological polar surface area (TPSA) is 38.9 Å². The fourth-order valence-electron chi connectivity index (χ4n) is 1.57. The number of aromatic nitrogens is 1. The van der Waals surface area contributed by atoms with Gasteiger partial charge in [0.15, 0.2) is 0 Å². The number of nitrogens with two attached hydrogens (primary N) is 1. The van der Waals surface area contributed by atoms with Gasteiger partial charge in [0, 0.05) is 17.6 Å². The second-order valence-corrected chi connectivity index (χ2v) is 3.52. The summed E-state index contributed by atoms with van der Waals surface area (Å²) in [6.45, 7) is 0. The van der Waals surface area contributed by atoms with E-state index in [1.165, 1.54) is 5.56 Å². The molecular formula is C13H14N2.